The van der Waals surface area contributed by atoms with Crippen molar-refractivity contribution in [2.45, 2.75) is 36.1 Å². The van der Waals surface area contributed by atoms with E-state index in [9.17, 15) is 0 Å². The van der Waals surface area contributed by atoms with E-state index in [1.54, 1.807) is 17.4 Å². The van der Waals surface area contributed by atoms with Crippen molar-refractivity contribution < 1.29 is 0 Å². The van der Waals surface area contributed by atoms with Crippen LogP contribution in [0.15, 0.2) is 15.4 Å². The second kappa shape index (κ2) is 6.07. The predicted molar refractivity (Wildman–Crippen MR) is 72.6 cm³/mol. The number of hydrazine groups is 1. The maximum Gasteiger partial charge on any atom is 0.180 e. The summed E-state index contributed by atoms with van der Waals surface area (Å²) in [7, 11) is 0. The molecule has 6 nitrogen and oxygen atoms in total. The number of nitrogens with two attached hydrogens (primary N) is 1. The summed E-state index contributed by atoms with van der Waals surface area (Å²) in [6, 6.07) is 1.81. The Bertz CT molecular complexity index is 527. The molecule has 96 valence electrons. The molecule has 2 aromatic rings. The van der Waals surface area contributed by atoms with E-state index < -0.39 is 0 Å². The van der Waals surface area contributed by atoms with Crippen LogP contribution in [0.3, 0.4) is 0 Å². The lowest BCUT2D eigenvalue weighted by Crippen LogP contribution is -2.10. The third-order valence-electron chi connectivity index (χ3n) is 2.07. The molecule has 0 spiro atoms. The van der Waals surface area contributed by atoms with E-state index in [0.717, 1.165) is 33.0 Å². The Morgan fingerprint density at radius 1 is 1.39 bits per heavy atom. The first kappa shape index (κ1) is 13.2. The molecule has 18 heavy (non-hydrogen) atoms. The Hall–Kier alpha value is -1.25. The SMILES string of the molecule is CCCc1nc(NN)cc(Sc2nnc(C)s2)n1. The standard InChI is InChI=1S/C10H14N6S2/c1-3-4-7-12-8(14-11)5-9(13-7)18-10-16-15-6(2)17-10/h5H,3-4,11H2,1-2H3,(H,12,13,14). The topological polar surface area (TPSA) is 89.6 Å². The quantitative estimate of drug-likeness (QED) is 0.492. The van der Waals surface area contributed by atoms with E-state index in [1.165, 1.54) is 11.8 Å². The minimum Gasteiger partial charge on any atom is -0.308 e. The highest BCUT2D eigenvalue weighted by molar-refractivity contribution is 8.01. The van der Waals surface area contributed by atoms with Gasteiger partial charge in [-0.25, -0.2) is 15.8 Å². The molecule has 0 aliphatic rings. The number of nitrogen functional groups attached to an aromatic ring is 1. The van der Waals surface area contributed by atoms with Crippen molar-refractivity contribution in [3.05, 3.63) is 16.9 Å². The van der Waals surface area contributed by atoms with Gasteiger partial charge in [0.2, 0.25) is 0 Å². The van der Waals surface area contributed by atoms with Crippen molar-refractivity contribution >= 4 is 28.9 Å². The molecule has 0 aliphatic carbocycles. The molecule has 0 fully saturated rings. The first-order valence-corrected chi connectivity index (χ1v) is 7.17. The molecule has 2 aromatic heterocycles. The van der Waals surface area contributed by atoms with E-state index >= 15 is 0 Å². The van der Waals surface area contributed by atoms with Crippen LogP contribution in [0.1, 0.15) is 24.2 Å². The first-order valence-electron chi connectivity index (χ1n) is 5.53. The van der Waals surface area contributed by atoms with E-state index in [0.29, 0.717) is 5.82 Å². The van der Waals surface area contributed by atoms with Crippen molar-refractivity contribution in [2.24, 2.45) is 5.84 Å². The highest BCUT2D eigenvalue weighted by Crippen LogP contribution is 2.29. The Morgan fingerprint density at radius 2 is 2.22 bits per heavy atom. The maximum absolute atomic E-state index is 5.41. The molecule has 8 heteroatoms. The molecule has 0 saturated carbocycles. The van der Waals surface area contributed by atoms with Gasteiger partial charge in [-0.05, 0) is 25.1 Å². The van der Waals surface area contributed by atoms with Gasteiger partial charge in [-0.1, -0.05) is 18.3 Å². The molecule has 0 unspecified atom stereocenters. The van der Waals surface area contributed by atoms with Gasteiger partial charge < -0.3 is 5.43 Å². The summed E-state index contributed by atoms with van der Waals surface area (Å²) in [5.74, 6) is 6.82. The minimum absolute atomic E-state index is 0.622. The van der Waals surface area contributed by atoms with Gasteiger partial charge >= 0.3 is 0 Å². The molecule has 2 heterocycles. The number of anilines is 1. The zero-order valence-electron chi connectivity index (χ0n) is 10.2. The summed E-state index contributed by atoms with van der Waals surface area (Å²) in [6.07, 6.45) is 1.83. The Kier molecular flexibility index (Phi) is 4.45. The lowest BCUT2D eigenvalue weighted by Gasteiger charge is -2.05. The highest BCUT2D eigenvalue weighted by Gasteiger charge is 2.08. The molecule has 0 bridgehead atoms. The molecule has 0 aromatic carbocycles. The number of aryl methyl sites for hydroxylation is 2. The zero-order chi connectivity index (χ0) is 13.0. The van der Waals surface area contributed by atoms with Crippen molar-refractivity contribution in [3.63, 3.8) is 0 Å². The highest BCUT2D eigenvalue weighted by atomic mass is 32.2. The van der Waals surface area contributed by atoms with Crippen LogP contribution in [0, 0.1) is 6.92 Å². The van der Waals surface area contributed by atoms with Crippen molar-refractivity contribution in [3.8, 4) is 0 Å². The average molecular weight is 282 g/mol. The smallest absolute Gasteiger partial charge is 0.180 e. The fourth-order valence-electron chi connectivity index (χ4n) is 1.34. The lowest BCUT2D eigenvalue weighted by molar-refractivity contribution is 0.810. The number of nitrogens with one attached hydrogen (secondary N) is 1. The van der Waals surface area contributed by atoms with Gasteiger partial charge in [-0.15, -0.1) is 10.2 Å². The van der Waals surface area contributed by atoms with Gasteiger partial charge in [-0.3, -0.25) is 0 Å². The van der Waals surface area contributed by atoms with E-state index in [-0.39, 0.29) is 0 Å². The third kappa shape index (κ3) is 3.37. The van der Waals surface area contributed by atoms with Gasteiger partial charge in [0, 0.05) is 12.5 Å². The average Bonchev–Trinajstić information content (AvgIpc) is 2.75. The molecule has 0 amide bonds. The van der Waals surface area contributed by atoms with E-state index in [4.69, 9.17) is 5.84 Å². The summed E-state index contributed by atoms with van der Waals surface area (Å²) in [6.45, 7) is 4.02. The number of nitrogens with zero attached hydrogens (tertiary/aromatic N) is 4. The fraction of sp³-hybridized carbons (Fsp3) is 0.400. The van der Waals surface area contributed by atoms with Gasteiger partial charge in [0.15, 0.2) is 4.34 Å². The zero-order valence-corrected chi connectivity index (χ0v) is 11.8. The largest absolute Gasteiger partial charge is 0.308 e. The Balaban J connectivity index is 2.23. The summed E-state index contributed by atoms with van der Waals surface area (Å²) < 4.78 is 0.872. The monoisotopic (exact) mass is 282 g/mol. The predicted octanol–water partition coefficient (Wildman–Crippen LogP) is 2.03. The second-order valence-electron chi connectivity index (χ2n) is 3.59. The molecule has 0 radical (unpaired) electrons. The van der Waals surface area contributed by atoms with Crippen LogP contribution in [-0.2, 0) is 6.42 Å². The van der Waals surface area contributed by atoms with Crippen molar-refractivity contribution in [1.82, 2.24) is 20.2 Å². The van der Waals surface area contributed by atoms with Crippen LogP contribution in [-0.4, -0.2) is 20.2 Å². The normalized spacial score (nSPS) is 10.6. The lowest BCUT2D eigenvalue weighted by atomic mass is 10.3. The number of aromatic nitrogens is 4. The van der Waals surface area contributed by atoms with Crippen LogP contribution in [0.5, 0.6) is 0 Å². The molecule has 2 rings (SSSR count). The summed E-state index contributed by atoms with van der Waals surface area (Å²) in [4.78, 5) is 8.77. The van der Waals surface area contributed by atoms with Gasteiger partial charge in [0.05, 0.1) is 0 Å². The summed E-state index contributed by atoms with van der Waals surface area (Å²) in [5, 5.41) is 9.81. The van der Waals surface area contributed by atoms with Crippen LogP contribution in [0.4, 0.5) is 5.82 Å². The number of hydrogen-bond acceptors (Lipinski definition) is 8. The fourth-order valence-corrected chi connectivity index (χ4v) is 3.13. The molecule has 0 aliphatic heterocycles. The van der Waals surface area contributed by atoms with E-state index in [2.05, 4.69) is 32.5 Å². The second-order valence-corrected chi connectivity index (χ2v) is 6.04. The van der Waals surface area contributed by atoms with Crippen LogP contribution in [0.2, 0.25) is 0 Å². The van der Waals surface area contributed by atoms with E-state index in [1.807, 2.05) is 6.92 Å². The van der Waals surface area contributed by atoms with Crippen molar-refractivity contribution in [2.75, 3.05) is 5.43 Å². The van der Waals surface area contributed by atoms with Gasteiger partial charge in [0.1, 0.15) is 21.7 Å². The van der Waals surface area contributed by atoms with Crippen LogP contribution < -0.4 is 11.3 Å². The molecular weight excluding hydrogens is 268 g/mol. The molecule has 0 atom stereocenters. The summed E-state index contributed by atoms with van der Waals surface area (Å²) in [5.41, 5.74) is 2.56. The molecular formula is C10H14N6S2. The van der Waals surface area contributed by atoms with Gasteiger partial charge in [0.25, 0.3) is 0 Å². The van der Waals surface area contributed by atoms with Crippen molar-refractivity contribution in [1.29, 1.82) is 0 Å². The number of rotatable bonds is 5. The minimum atomic E-state index is 0.622. The Morgan fingerprint density at radius 3 is 2.83 bits per heavy atom. The van der Waals surface area contributed by atoms with Crippen LogP contribution >= 0.6 is 23.1 Å². The van der Waals surface area contributed by atoms with Crippen LogP contribution in [0.25, 0.3) is 0 Å². The summed E-state index contributed by atoms with van der Waals surface area (Å²) >= 11 is 3.02. The molecule has 0 saturated heterocycles. The maximum atomic E-state index is 5.41. The number of hydrogen-bond donors (Lipinski definition) is 2. The van der Waals surface area contributed by atoms with Gasteiger partial charge in [-0.2, -0.15) is 0 Å². The third-order valence-corrected chi connectivity index (χ3v) is 3.88. The Labute approximate surface area is 113 Å². The molecule has 3 N–H and O–H groups in total. The first-order chi connectivity index (χ1) is 8.71.